The highest BCUT2D eigenvalue weighted by Crippen LogP contribution is 2.27. The van der Waals surface area contributed by atoms with Gasteiger partial charge in [-0.1, -0.05) is 50.3 Å². The number of hydrogen-bond acceptors (Lipinski definition) is 2. The minimum Gasteiger partial charge on any atom is -0.394 e. The molecule has 2 rings (SSSR count). The highest BCUT2D eigenvalue weighted by atomic mass is 16.3. The summed E-state index contributed by atoms with van der Waals surface area (Å²) in [4.78, 5) is 12.0. The van der Waals surface area contributed by atoms with E-state index in [1.165, 1.54) is 32.1 Å². The van der Waals surface area contributed by atoms with Gasteiger partial charge in [-0.25, -0.2) is 0 Å². The molecule has 104 valence electrons. The van der Waals surface area contributed by atoms with Crippen LogP contribution < -0.4 is 5.32 Å². The van der Waals surface area contributed by atoms with Crippen LogP contribution in [0.4, 0.5) is 0 Å². The van der Waals surface area contributed by atoms with Crippen LogP contribution in [0.3, 0.4) is 0 Å². The zero-order chi connectivity index (χ0) is 13.5. The van der Waals surface area contributed by atoms with E-state index in [-0.39, 0.29) is 18.6 Å². The maximum atomic E-state index is 12.0. The summed E-state index contributed by atoms with van der Waals surface area (Å²) in [5.41, 5.74) is 0.657. The van der Waals surface area contributed by atoms with E-state index in [0.29, 0.717) is 11.5 Å². The van der Waals surface area contributed by atoms with Crippen LogP contribution >= 0.6 is 0 Å². The first kappa shape index (κ1) is 14.1. The fourth-order valence-corrected chi connectivity index (χ4v) is 2.86. The second-order valence-electron chi connectivity index (χ2n) is 5.46. The summed E-state index contributed by atoms with van der Waals surface area (Å²) < 4.78 is 0. The van der Waals surface area contributed by atoms with Crippen molar-refractivity contribution < 1.29 is 9.90 Å². The third-order valence-electron chi connectivity index (χ3n) is 3.93. The zero-order valence-electron chi connectivity index (χ0n) is 11.3. The van der Waals surface area contributed by atoms with Gasteiger partial charge in [0, 0.05) is 5.56 Å². The first-order chi connectivity index (χ1) is 9.29. The summed E-state index contributed by atoms with van der Waals surface area (Å²) in [6.45, 7) is 0.0229. The minimum atomic E-state index is -0.115. The number of aliphatic hydroxyl groups is 1. The van der Waals surface area contributed by atoms with Crippen molar-refractivity contribution in [3.05, 3.63) is 35.9 Å². The van der Waals surface area contributed by atoms with Crippen molar-refractivity contribution in [2.45, 2.75) is 44.6 Å². The molecule has 0 aromatic heterocycles. The van der Waals surface area contributed by atoms with Gasteiger partial charge in [0.15, 0.2) is 0 Å². The predicted molar refractivity (Wildman–Crippen MR) is 76.0 cm³/mol. The van der Waals surface area contributed by atoms with Crippen LogP contribution in [-0.2, 0) is 0 Å². The lowest BCUT2D eigenvalue weighted by Gasteiger charge is -2.26. The third kappa shape index (κ3) is 4.35. The number of aliphatic hydroxyl groups excluding tert-OH is 1. The summed E-state index contributed by atoms with van der Waals surface area (Å²) in [6, 6.07) is 9.07. The molecule has 0 aliphatic heterocycles. The van der Waals surface area contributed by atoms with Crippen molar-refractivity contribution in [1.82, 2.24) is 5.32 Å². The fourth-order valence-electron chi connectivity index (χ4n) is 2.86. The maximum absolute atomic E-state index is 12.0. The van der Waals surface area contributed by atoms with Gasteiger partial charge >= 0.3 is 0 Å². The highest BCUT2D eigenvalue weighted by molar-refractivity contribution is 5.94. The molecule has 1 amide bonds. The van der Waals surface area contributed by atoms with Gasteiger partial charge in [-0.15, -0.1) is 0 Å². The van der Waals surface area contributed by atoms with Crippen molar-refractivity contribution in [3.63, 3.8) is 0 Å². The van der Waals surface area contributed by atoms with Crippen molar-refractivity contribution in [2.75, 3.05) is 6.61 Å². The van der Waals surface area contributed by atoms with Gasteiger partial charge in [0.2, 0.25) is 0 Å². The van der Waals surface area contributed by atoms with Gasteiger partial charge in [-0.05, 0) is 24.5 Å². The third-order valence-corrected chi connectivity index (χ3v) is 3.93. The Balaban J connectivity index is 1.86. The van der Waals surface area contributed by atoms with Gasteiger partial charge in [0.1, 0.15) is 0 Å². The molecule has 0 bridgehead atoms. The zero-order valence-corrected chi connectivity index (χ0v) is 11.3. The summed E-state index contributed by atoms with van der Waals surface area (Å²) in [7, 11) is 0. The average molecular weight is 261 g/mol. The van der Waals surface area contributed by atoms with Crippen molar-refractivity contribution in [2.24, 2.45) is 5.92 Å². The van der Waals surface area contributed by atoms with Gasteiger partial charge in [-0.2, -0.15) is 0 Å². The van der Waals surface area contributed by atoms with Crippen LogP contribution in [0.15, 0.2) is 30.3 Å². The van der Waals surface area contributed by atoms with E-state index in [2.05, 4.69) is 5.32 Å². The fraction of sp³-hybridized carbons (Fsp3) is 0.562. The molecule has 1 atom stereocenters. The molecular formula is C16H23NO2. The van der Waals surface area contributed by atoms with E-state index >= 15 is 0 Å². The second-order valence-corrected chi connectivity index (χ2v) is 5.46. The van der Waals surface area contributed by atoms with Crippen molar-refractivity contribution in [1.29, 1.82) is 0 Å². The Hall–Kier alpha value is -1.35. The topological polar surface area (TPSA) is 49.3 Å². The molecule has 3 nitrogen and oxygen atoms in total. The predicted octanol–water partition coefficient (Wildman–Crippen LogP) is 2.75. The smallest absolute Gasteiger partial charge is 0.251 e. The number of hydrogen-bond donors (Lipinski definition) is 2. The Labute approximate surface area is 115 Å². The van der Waals surface area contributed by atoms with E-state index < -0.39 is 0 Å². The molecule has 1 aromatic carbocycles. The molecule has 1 saturated carbocycles. The molecule has 0 unspecified atom stereocenters. The van der Waals surface area contributed by atoms with Crippen molar-refractivity contribution >= 4 is 5.91 Å². The number of rotatable bonds is 5. The van der Waals surface area contributed by atoms with Crippen molar-refractivity contribution in [3.8, 4) is 0 Å². The van der Waals surface area contributed by atoms with Crippen LogP contribution in [0.1, 0.15) is 48.9 Å². The molecule has 3 heteroatoms. The van der Waals surface area contributed by atoms with E-state index in [1.807, 2.05) is 18.2 Å². The number of amides is 1. The van der Waals surface area contributed by atoms with E-state index in [4.69, 9.17) is 0 Å². The quantitative estimate of drug-likeness (QED) is 0.856. The van der Waals surface area contributed by atoms with Gasteiger partial charge in [-0.3, -0.25) is 4.79 Å². The monoisotopic (exact) mass is 261 g/mol. The Morgan fingerprint density at radius 2 is 1.89 bits per heavy atom. The number of benzene rings is 1. The summed E-state index contributed by atoms with van der Waals surface area (Å²) in [5, 5.41) is 12.4. The molecule has 0 saturated heterocycles. The summed E-state index contributed by atoms with van der Waals surface area (Å²) >= 11 is 0. The second kappa shape index (κ2) is 7.29. The lowest BCUT2D eigenvalue weighted by atomic mass is 9.85. The van der Waals surface area contributed by atoms with Crippen LogP contribution in [-0.4, -0.2) is 23.7 Å². The SMILES string of the molecule is O=C(N[C@H](CO)CC1CCCCC1)c1ccccc1. The number of nitrogens with one attached hydrogen (secondary N) is 1. The summed E-state index contributed by atoms with van der Waals surface area (Å²) in [6.07, 6.45) is 7.27. The highest BCUT2D eigenvalue weighted by Gasteiger charge is 2.20. The summed E-state index contributed by atoms with van der Waals surface area (Å²) in [5.74, 6) is 0.567. The van der Waals surface area contributed by atoms with Crippen LogP contribution in [0, 0.1) is 5.92 Å². The molecule has 0 heterocycles. The lowest BCUT2D eigenvalue weighted by molar-refractivity contribution is 0.0902. The van der Waals surface area contributed by atoms with E-state index in [1.54, 1.807) is 12.1 Å². The first-order valence-corrected chi connectivity index (χ1v) is 7.26. The van der Waals surface area contributed by atoms with Crippen LogP contribution in [0.25, 0.3) is 0 Å². The molecule has 0 spiro atoms. The average Bonchev–Trinajstić information content (AvgIpc) is 2.48. The maximum Gasteiger partial charge on any atom is 0.251 e. The Morgan fingerprint density at radius 1 is 1.21 bits per heavy atom. The van der Waals surface area contributed by atoms with Gasteiger partial charge in [0.05, 0.1) is 12.6 Å². The molecule has 0 radical (unpaired) electrons. The molecule has 1 aromatic rings. The normalized spacial score (nSPS) is 17.9. The van der Waals surface area contributed by atoms with E-state index in [0.717, 1.165) is 6.42 Å². The lowest BCUT2D eigenvalue weighted by Crippen LogP contribution is -2.39. The van der Waals surface area contributed by atoms with Crippen LogP contribution in [0.5, 0.6) is 0 Å². The molecule has 2 N–H and O–H groups in total. The van der Waals surface area contributed by atoms with E-state index in [9.17, 15) is 9.90 Å². The molecule has 1 aliphatic rings. The molecule has 19 heavy (non-hydrogen) atoms. The number of carbonyl (C=O) groups is 1. The Morgan fingerprint density at radius 3 is 2.53 bits per heavy atom. The van der Waals surface area contributed by atoms with Gasteiger partial charge < -0.3 is 10.4 Å². The molecule has 1 aliphatic carbocycles. The minimum absolute atomic E-state index is 0.0229. The largest absolute Gasteiger partial charge is 0.394 e. The molecule has 1 fully saturated rings. The molecular weight excluding hydrogens is 238 g/mol. The Kier molecular flexibility index (Phi) is 5.40. The van der Waals surface area contributed by atoms with Gasteiger partial charge in [0.25, 0.3) is 5.91 Å². The Bertz CT molecular complexity index is 385. The first-order valence-electron chi connectivity index (χ1n) is 7.26. The van der Waals surface area contributed by atoms with Crippen LogP contribution in [0.2, 0.25) is 0 Å². The standard InChI is InChI=1S/C16H23NO2/c18-12-15(11-13-7-3-1-4-8-13)17-16(19)14-9-5-2-6-10-14/h2,5-6,9-10,13,15,18H,1,3-4,7-8,11-12H2,(H,17,19)/t15-/m0/s1. The number of carbonyl (C=O) groups excluding carboxylic acids is 1.